The second-order valence-electron chi connectivity index (χ2n) is 5.71. The quantitative estimate of drug-likeness (QED) is 0.668. The smallest absolute Gasteiger partial charge is 0.267 e. The van der Waals surface area contributed by atoms with Gasteiger partial charge in [-0.25, -0.2) is 5.43 Å². The lowest BCUT2D eigenvalue weighted by atomic mass is 9.86. The number of fused-ring (bicyclic) bond motifs is 2. The van der Waals surface area contributed by atoms with E-state index in [4.69, 9.17) is 0 Å². The Morgan fingerprint density at radius 2 is 2.11 bits per heavy atom. The maximum atomic E-state index is 11.9. The van der Waals surface area contributed by atoms with Gasteiger partial charge in [-0.2, -0.15) is 5.10 Å². The first-order chi connectivity index (χ1) is 9.24. The minimum Gasteiger partial charge on any atom is -0.267 e. The Kier molecular flexibility index (Phi) is 3.32. The summed E-state index contributed by atoms with van der Waals surface area (Å²) < 4.78 is 0. The van der Waals surface area contributed by atoms with Gasteiger partial charge in [-0.05, 0) is 50.2 Å². The van der Waals surface area contributed by atoms with Crippen LogP contribution in [0.5, 0.6) is 0 Å². The molecule has 0 radical (unpaired) electrons. The molecule has 2 bridgehead atoms. The van der Waals surface area contributed by atoms with Crippen molar-refractivity contribution in [3.05, 3.63) is 30.1 Å². The molecule has 0 spiro atoms. The SMILES string of the molecule is CC(=NNC(=O)c1ccncc1)C1CC2CCC1C2. The molecule has 4 nitrogen and oxygen atoms in total. The van der Waals surface area contributed by atoms with Crippen LogP contribution in [0.2, 0.25) is 0 Å². The predicted molar refractivity (Wildman–Crippen MR) is 73.8 cm³/mol. The first kappa shape index (κ1) is 12.3. The van der Waals surface area contributed by atoms with Gasteiger partial charge in [-0.3, -0.25) is 9.78 Å². The van der Waals surface area contributed by atoms with Crippen LogP contribution in [-0.2, 0) is 0 Å². The molecule has 100 valence electrons. The minimum atomic E-state index is -0.162. The van der Waals surface area contributed by atoms with Gasteiger partial charge in [-0.1, -0.05) is 6.42 Å². The molecule has 0 aliphatic heterocycles. The molecule has 1 amide bonds. The van der Waals surface area contributed by atoms with E-state index in [1.54, 1.807) is 24.5 Å². The molecule has 1 aromatic heterocycles. The zero-order valence-corrected chi connectivity index (χ0v) is 11.2. The summed E-state index contributed by atoms with van der Waals surface area (Å²) in [5.74, 6) is 2.11. The van der Waals surface area contributed by atoms with Crippen LogP contribution >= 0.6 is 0 Å². The van der Waals surface area contributed by atoms with Gasteiger partial charge in [0.2, 0.25) is 0 Å². The lowest BCUT2D eigenvalue weighted by Gasteiger charge is -2.21. The van der Waals surface area contributed by atoms with Gasteiger partial charge in [0, 0.05) is 29.6 Å². The van der Waals surface area contributed by atoms with Gasteiger partial charge in [0.1, 0.15) is 0 Å². The highest BCUT2D eigenvalue weighted by molar-refractivity contribution is 5.95. The number of hydrazone groups is 1. The van der Waals surface area contributed by atoms with Crippen LogP contribution in [0.4, 0.5) is 0 Å². The van der Waals surface area contributed by atoms with E-state index >= 15 is 0 Å². The normalized spacial score (nSPS) is 29.5. The number of aromatic nitrogens is 1. The number of rotatable bonds is 3. The molecule has 2 saturated carbocycles. The Bertz CT molecular complexity index is 497. The van der Waals surface area contributed by atoms with Crippen LogP contribution in [0, 0.1) is 17.8 Å². The topological polar surface area (TPSA) is 54.4 Å². The van der Waals surface area contributed by atoms with Crippen LogP contribution in [0.3, 0.4) is 0 Å². The highest BCUT2D eigenvalue weighted by Crippen LogP contribution is 2.48. The first-order valence-electron chi connectivity index (χ1n) is 6.98. The van der Waals surface area contributed by atoms with Crippen molar-refractivity contribution in [3.63, 3.8) is 0 Å². The van der Waals surface area contributed by atoms with E-state index in [9.17, 15) is 4.79 Å². The van der Waals surface area contributed by atoms with Crippen LogP contribution in [0.1, 0.15) is 43.0 Å². The van der Waals surface area contributed by atoms with E-state index in [0.29, 0.717) is 11.5 Å². The van der Waals surface area contributed by atoms with Crippen LogP contribution < -0.4 is 5.43 Å². The Balaban J connectivity index is 1.62. The van der Waals surface area contributed by atoms with Crippen molar-refractivity contribution in [1.82, 2.24) is 10.4 Å². The third-order valence-electron chi connectivity index (χ3n) is 4.55. The molecule has 4 heteroatoms. The lowest BCUT2D eigenvalue weighted by molar-refractivity contribution is 0.0954. The Labute approximate surface area is 113 Å². The molecule has 1 heterocycles. The molecule has 2 aliphatic carbocycles. The first-order valence-corrected chi connectivity index (χ1v) is 6.98. The van der Waals surface area contributed by atoms with E-state index < -0.39 is 0 Å². The van der Waals surface area contributed by atoms with E-state index in [-0.39, 0.29) is 5.91 Å². The standard InChI is InChI=1S/C15H19N3O/c1-10(14-9-11-2-3-13(14)8-11)17-18-15(19)12-4-6-16-7-5-12/h4-7,11,13-14H,2-3,8-9H2,1H3,(H,18,19). The number of hydrogen-bond donors (Lipinski definition) is 1. The highest BCUT2D eigenvalue weighted by atomic mass is 16.2. The monoisotopic (exact) mass is 257 g/mol. The maximum Gasteiger partial charge on any atom is 0.271 e. The fourth-order valence-electron chi connectivity index (χ4n) is 3.55. The van der Waals surface area contributed by atoms with Crippen molar-refractivity contribution in [2.24, 2.45) is 22.9 Å². The molecular formula is C15H19N3O. The van der Waals surface area contributed by atoms with Crippen molar-refractivity contribution in [2.45, 2.75) is 32.6 Å². The molecule has 1 N–H and O–H groups in total. The third-order valence-corrected chi connectivity index (χ3v) is 4.55. The Morgan fingerprint density at radius 3 is 2.74 bits per heavy atom. The van der Waals surface area contributed by atoms with Crippen LogP contribution in [0.25, 0.3) is 0 Å². The molecule has 3 unspecified atom stereocenters. The number of nitrogens with zero attached hydrogens (tertiary/aromatic N) is 2. The van der Waals surface area contributed by atoms with Gasteiger partial charge < -0.3 is 0 Å². The second kappa shape index (κ2) is 5.11. The van der Waals surface area contributed by atoms with Gasteiger partial charge in [0.25, 0.3) is 5.91 Å². The molecular weight excluding hydrogens is 238 g/mol. The average molecular weight is 257 g/mol. The average Bonchev–Trinajstić information content (AvgIpc) is 3.08. The summed E-state index contributed by atoms with van der Waals surface area (Å²) in [4.78, 5) is 15.8. The minimum absolute atomic E-state index is 0.162. The zero-order valence-electron chi connectivity index (χ0n) is 11.2. The molecule has 2 aliphatic rings. The van der Waals surface area contributed by atoms with Crippen molar-refractivity contribution >= 4 is 11.6 Å². The number of amides is 1. The van der Waals surface area contributed by atoms with Crippen LogP contribution in [-0.4, -0.2) is 16.6 Å². The largest absolute Gasteiger partial charge is 0.271 e. The second-order valence-corrected chi connectivity index (χ2v) is 5.71. The number of carbonyl (C=O) groups is 1. The van der Waals surface area contributed by atoms with Gasteiger partial charge in [0.05, 0.1) is 0 Å². The van der Waals surface area contributed by atoms with E-state index in [2.05, 4.69) is 15.5 Å². The maximum absolute atomic E-state index is 11.9. The number of hydrogen-bond acceptors (Lipinski definition) is 3. The summed E-state index contributed by atoms with van der Waals surface area (Å²) >= 11 is 0. The highest BCUT2D eigenvalue weighted by Gasteiger charge is 2.40. The summed E-state index contributed by atoms with van der Waals surface area (Å²) in [7, 11) is 0. The summed E-state index contributed by atoms with van der Waals surface area (Å²) in [6.07, 6.45) is 8.56. The fourth-order valence-corrected chi connectivity index (χ4v) is 3.55. The van der Waals surface area contributed by atoms with Gasteiger partial charge in [-0.15, -0.1) is 0 Å². The summed E-state index contributed by atoms with van der Waals surface area (Å²) in [6.45, 7) is 2.04. The summed E-state index contributed by atoms with van der Waals surface area (Å²) in [6, 6.07) is 3.38. The van der Waals surface area contributed by atoms with Crippen molar-refractivity contribution < 1.29 is 4.79 Å². The fraction of sp³-hybridized carbons (Fsp3) is 0.533. The van der Waals surface area contributed by atoms with E-state index in [1.807, 2.05) is 6.92 Å². The number of carbonyl (C=O) groups excluding carboxylic acids is 1. The van der Waals surface area contributed by atoms with Crippen molar-refractivity contribution in [3.8, 4) is 0 Å². The van der Waals surface area contributed by atoms with Crippen molar-refractivity contribution in [1.29, 1.82) is 0 Å². The third kappa shape index (κ3) is 2.53. The lowest BCUT2D eigenvalue weighted by Crippen LogP contribution is -2.24. The number of nitrogens with one attached hydrogen (secondary N) is 1. The zero-order chi connectivity index (χ0) is 13.2. The molecule has 1 aromatic rings. The van der Waals surface area contributed by atoms with Gasteiger partial charge in [0.15, 0.2) is 0 Å². The Hall–Kier alpha value is -1.71. The molecule has 19 heavy (non-hydrogen) atoms. The number of pyridine rings is 1. The molecule has 2 fully saturated rings. The van der Waals surface area contributed by atoms with Gasteiger partial charge >= 0.3 is 0 Å². The van der Waals surface area contributed by atoms with E-state index in [0.717, 1.165) is 17.5 Å². The molecule has 3 atom stereocenters. The van der Waals surface area contributed by atoms with Crippen LogP contribution in [0.15, 0.2) is 29.6 Å². The molecule has 0 saturated heterocycles. The summed E-state index contributed by atoms with van der Waals surface area (Å²) in [5.41, 5.74) is 4.33. The predicted octanol–water partition coefficient (Wildman–Crippen LogP) is 2.62. The molecule has 3 rings (SSSR count). The molecule has 0 aromatic carbocycles. The Morgan fingerprint density at radius 1 is 1.32 bits per heavy atom. The van der Waals surface area contributed by atoms with E-state index in [1.165, 1.54) is 25.7 Å². The van der Waals surface area contributed by atoms with Crippen molar-refractivity contribution in [2.75, 3.05) is 0 Å². The summed E-state index contributed by atoms with van der Waals surface area (Å²) in [5, 5.41) is 4.30.